The molecule has 0 aliphatic carbocycles. The third-order valence-corrected chi connectivity index (χ3v) is 6.26. The van der Waals surface area contributed by atoms with Crippen LogP contribution in [0, 0.1) is 0 Å². The van der Waals surface area contributed by atoms with E-state index in [-0.39, 0.29) is 11.5 Å². The Morgan fingerprint density at radius 2 is 1.75 bits per heavy atom. The number of carbonyl (C=O) groups excluding carboxylic acids is 1. The van der Waals surface area contributed by atoms with Crippen molar-refractivity contribution in [2.24, 2.45) is 0 Å². The van der Waals surface area contributed by atoms with Crippen LogP contribution < -0.4 is 10.9 Å². The highest BCUT2D eigenvalue weighted by atomic mass is 16.1. The Hall–Kier alpha value is -2.71. The molecule has 1 aliphatic heterocycles. The third kappa shape index (κ3) is 5.19. The van der Waals surface area contributed by atoms with Gasteiger partial charge in [-0.05, 0) is 56.6 Å². The Morgan fingerprint density at radius 1 is 1.00 bits per heavy atom. The van der Waals surface area contributed by atoms with Gasteiger partial charge < -0.3 is 19.5 Å². The van der Waals surface area contributed by atoms with Crippen molar-refractivity contribution < 1.29 is 4.79 Å². The van der Waals surface area contributed by atoms with Crippen LogP contribution in [-0.2, 0) is 11.3 Å². The van der Waals surface area contributed by atoms with Gasteiger partial charge in [0.1, 0.15) is 5.52 Å². The first-order valence-corrected chi connectivity index (χ1v) is 11.8. The Kier molecular flexibility index (Phi) is 7.55. The van der Waals surface area contributed by atoms with E-state index in [4.69, 9.17) is 0 Å². The van der Waals surface area contributed by atoms with E-state index in [1.807, 2.05) is 34.9 Å². The molecule has 1 fully saturated rings. The zero-order chi connectivity index (χ0) is 22.3. The average molecular weight is 439 g/mol. The number of amides is 1. The lowest BCUT2D eigenvalue weighted by molar-refractivity contribution is -0.121. The van der Waals surface area contributed by atoms with E-state index in [1.54, 1.807) is 10.8 Å². The summed E-state index contributed by atoms with van der Waals surface area (Å²) in [5, 5.41) is 3.03. The van der Waals surface area contributed by atoms with Gasteiger partial charge in [0, 0.05) is 58.1 Å². The molecule has 0 unspecified atom stereocenters. The van der Waals surface area contributed by atoms with Gasteiger partial charge in [-0.3, -0.25) is 14.2 Å². The number of nitrogens with zero attached hydrogens (tertiary/aromatic N) is 5. The molecule has 0 bridgehead atoms. The third-order valence-electron chi connectivity index (χ3n) is 6.26. The normalized spacial score (nSPS) is 15.5. The quantitative estimate of drug-likeness (QED) is 0.490. The first kappa shape index (κ1) is 22.5. The van der Waals surface area contributed by atoms with Gasteiger partial charge in [0.05, 0.1) is 5.52 Å². The molecule has 1 aliphatic rings. The largest absolute Gasteiger partial charge is 0.356 e. The molecule has 4 heterocycles. The molecular formula is C24H34N6O2. The Balaban J connectivity index is 1.21. The lowest BCUT2D eigenvalue weighted by Gasteiger charge is -2.34. The summed E-state index contributed by atoms with van der Waals surface area (Å²) >= 11 is 0. The molecule has 0 aromatic carbocycles. The van der Waals surface area contributed by atoms with E-state index in [2.05, 4.69) is 27.0 Å². The fraction of sp³-hybridized carbons (Fsp3) is 0.542. The average Bonchev–Trinajstić information content (AvgIpc) is 3.31. The van der Waals surface area contributed by atoms with Gasteiger partial charge >= 0.3 is 0 Å². The molecule has 4 rings (SSSR count). The van der Waals surface area contributed by atoms with E-state index < -0.39 is 0 Å². The van der Waals surface area contributed by atoms with E-state index in [1.165, 1.54) is 13.0 Å². The molecule has 8 heteroatoms. The van der Waals surface area contributed by atoms with Crippen LogP contribution >= 0.6 is 0 Å². The lowest BCUT2D eigenvalue weighted by atomic mass is 10.2. The van der Waals surface area contributed by atoms with Gasteiger partial charge in [0.2, 0.25) is 5.91 Å². The van der Waals surface area contributed by atoms with Crippen LogP contribution in [0.1, 0.15) is 32.6 Å². The second-order valence-electron chi connectivity index (χ2n) is 8.56. The molecule has 0 spiro atoms. The maximum Gasteiger partial charge on any atom is 0.276 e. The first-order valence-electron chi connectivity index (χ1n) is 11.8. The number of fused-ring (bicyclic) bond motifs is 3. The van der Waals surface area contributed by atoms with Crippen LogP contribution in [-0.4, -0.2) is 75.5 Å². The smallest absolute Gasteiger partial charge is 0.276 e. The second-order valence-corrected chi connectivity index (χ2v) is 8.56. The highest BCUT2D eigenvalue weighted by Gasteiger charge is 2.15. The van der Waals surface area contributed by atoms with Crippen LogP contribution in [0.3, 0.4) is 0 Å². The lowest BCUT2D eigenvalue weighted by Crippen LogP contribution is -2.47. The summed E-state index contributed by atoms with van der Waals surface area (Å²) in [6, 6.07) is 7.52. The Labute approximate surface area is 188 Å². The van der Waals surface area contributed by atoms with E-state index in [9.17, 15) is 9.59 Å². The van der Waals surface area contributed by atoms with Crippen molar-refractivity contribution >= 4 is 22.6 Å². The number of aryl methyl sites for hydroxylation is 1. The number of rotatable bonds is 10. The number of nitrogens with one attached hydrogen (secondary N) is 1. The van der Waals surface area contributed by atoms with Gasteiger partial charge in [-0.2, -0.15) is 0 Å². The van der Waals surface area contributed by atoms with Gasteiger partial charge in [-0.15, -0.1) is 0 Å². The Bertz CT molecular complexity index is 1100. The van der Waals surface area contributed by atoms with Crippen molar-refractivity contribution in [3.8, 4) is 0 Å². The highest BCUT2D eigenvalue weighted by Crippen LogP contribution is 2.13. The molecule has 1 amide bonds. The van der Waals surface area contributed by atoms with Gasteiger partial charge in [0.15, 0.2) is 5.65 Å². The zero-order valence-corrected chi connectivity index (χ0v) is 19.0. The molecule has 1 saturated heterocycles. The van der Waals surface area contributed by atoms with E-state index >= 15 is 0 Å². The molecule has 1 N–H and O–H groups in total. The molecule has 0 radical (unpaired) electrons. The summed E-state index contributed by atoms with van der Waals surface area (Å²) in [7, 11) is 0. The van der Waals surface area contributed by atoms with Gasteiger partial charge in [-0.25, -0.2) is 4.98 Å². The zero-order valence-electron chi connectivity index (χ0n) is 19.0. The maximum absolute atomic E-state index is 12.9. The number of carbonyl (C=O) groups is 1. The summed E-state index contributed by atoms with van der Waals surface area (Å²) in [5.74, 6) is 0.0480. The van der Waals surface area contributed by atoms with Gasteiger partial charge in [-0.1, -0.05) is 6.92 Å². The standard InChI is InChI=1S/C24H34N6O2/c1-2-12-27-16-18-28(19-17-27)13-6-11-25-22(31)9-5-15-30-23-20(7-3-10-26-23)29-14-4-8-21(29)24(30)32/h3-4,7-8,10,14H,2,5-6,9,11-13,15-19H2,1H3,(H,25,31). The summed E-state index contributed by atoms with van der Waals surface area (Å²) < 4.78 is 3.56. The van der Waals surface area contributed by atoms with E-state index in [0.717, 1.165) is 44.7 Å². The second kappa shape index (κ2) is 10.7. The number of pyridine rings is 1. The van der Waals surface area contributed by atoms with Crippen molar-refractivity contribution in [3.05, 3.63) is 47.0 Å². The Morgan fingerprint density at radius 3 is 2.53 bits per heavy atom. The van der Waals surface area contributed by atoms with Crippen LogP contribution in [0.2, 0.25) is 0 Å². The fourth-order valence-electron chi connectivity index (χ4n) is 4.56. The molecule has 172 valence electrons. The molecular weight excluding hydrogens is 404 g/mol. The van der Waals surface area contributed by atoms with Crippen molar-refractivity contribution in [1.82, 2.24) is 29.1 Å². The topological polar surface area (TPSA) is 74.9 Å². The summed E-state index contributed by atoms with van der Waals surface area (Å²) in [4.78, 5) is 34.6. The molecule has 3 aromatic heterocycles. The minimum Gasteiger partial charge on any atom is -0.356 e. The maximum atomic E-state index is 12.9. The highest BCUT2D eigenvalue weighted by molar-refractivity contribution is 5.76. The summed E-state index contributed by atoms with van der Waals surface area (Å²) in [5.41, 5.74) is 2.11. The van der Waals surface area contributed by atoms with E-state index in [0.29, 0.717) is 37.1 Å². The molecule has 0 saturated carbocycles. The number of hydrogen-bond acceptors (Lipinski definition) is 5. The van der Waals surface area contributed by atoms with Crippen molar-refractivity contribution in [2.75, 3.05) is 45.8 Å². The van der Waals surface area contributed by atoms with Crippen LogP contribution in [0.15, 0.2) is 41.5 Å². The fourth-order valence-corrected chi connectivity index (χ4v) is 4.56. The number of hydrogen-bond donors (Lipinski definition) is 1. The first-order chi connectivity index (χ1) is 15.7. The predicted octanol–water partition coefficient (Wildman–Crippen LogP) is 1.96. The monoisotopic (exact) mass is 438 g/mol. The number of aromatic nitrogens is 3. The minimum absolute atomic E-state index is 0.0480. The van der Waals surface area contributed by atoms with Crippen LogP contribution in [0.5, 0.6) is 0 Å². The van der Waals surface area contributed by atoms with Crippen molar-refractivity contribution in [3.63, 3.8) is 0 Å². The molecule has 0 atom stereocenters. The predicted molar refractivity (Wildman–Crippen MR) is 127 cm³/mol. The van der Waals surface area contributed by atoms with Crippen molar-refractivity contribution in [1.29, 1.82) is 0 Å². The summed E-state index contributed by atoms with van der Waals surface area (Å²) in [6.07, 6.45) is 6.77. The van der Waals surface area contributed by atoms with Crippen LogP contribution in [0.4, 0.5) is 0 Å². The van der Waals surface area contributed by atoms with Crippen molar-refractivity contribution in [2.45, 2.75) is 39.2 Å². The van der Waals surface area contributed by atoms with Gasteiger partial charge in [0.25, 0.3) is 5.56 Å². The molecule has 3 aromatic rings. The van der Waals surface area contributed by atoms with Crippen LogP contribution in [0.25, 0.3) is 16.7 Å². The molecule has 32 heavy (non-hydrogen) atoms. The summed E-state index contributed by atoms with van der Waals surface area (Å²) in [6.45, 7) is 10.2. The number of piperazine rings is 1. The SMILES string of the molecule is CCCN1CCN(CCCNC(=O)CCCn2c(=O)c3cccn3c3cccnc32)CC1. The minimum atomic E-state index is -0.0688. The molecule has 8 nitrogen and oxygen atoms in total.